The Labute approximate surface area is 138 Å². The van der Waals surface area contributed by atoms with Gasteiger partial charge in [0, 0.05) is 0 Å². The molecule has 0 fully saturated rings. The van der Waals surface area contributed by atoms with Crippen molar-refractivity contribution in [2.24, 2.45) is 0 Å². The fourth-order valence-electron chi connectivity index (χ4n) is 2.24. The van der Waals surface area contributed by atoms with Crippen molar-refractivity contribution in [1.82, 2.24) is 0 Å². The summed E-state index contributed by atoms with van der Waals surface area (Å²) in [4.78, 5) is 0. The van der Waals surface area contributed by atoms with Crippen molar-refractivity contribution < 1.29 is 20.5 Å². The quantitative estimate of drug-likeness (QED) is 0.613. The minimum atomic E-state index is 0.588. The van der Waals surface area contributed by atoms with Gasteiger partial charge in [0.15, 0.2) is 0 Å². The van der Waals surface area contributed by atoms with Gasteiger partial charge in [0.05, 0.1) is 13.2 Å². The SMILES string of the molecule is [NH3+]CC[NH2+]CCCCOc1ccc(OCc2ccccc2)cc1. The molecule has 0 atom stereocenters. The van der Waals surface area contributed by atoms with E-state index in [-0.39, 0.29) is 0 Å². The van der Waals surface area contributed by atoms with Gasteiger partial charge in [-0.3, -0.25) is 0 Å². The summed E-state index contributed by atoms with van der Waals surface area (Å²) in [5.74, 6) is 1.77. The number of ether oxygens (including phenoxy) is 2. The second kappa shape index (κ2) is 10.6. The van der Waals surface area contributed by atoms with E-state index in [2.05, 4.69) is 23.2 Å². The van der Waals surface area contributed by atoms with Crippen molar-refractivity contribution in [3.63, 3.8) is 0 Å². The Bertz CT molecular complexity index is 529. The molecule has 2 rings (SSSR count). The number of unbranched alkanes of at least 4 members (excludes halogenated alkanes) is 1. The number of hydrogen-bond donors (Lipinski definition) is 2. The maximum atomic E-state index is 5.76. The van der Waals surface area contributed by atoms with Crippen LogP contribution in [0.2, 0.25) is 0 Å². The van der Waals surface area contributed by atoms with E-state index >= 15 is 0 Å². The van der Waals surface area contributed by atoms with E-state index in [1.54, 1.807) is 0 Å². The average molecular weight is 316 g/mol. The molecular weight excluding hydrogens is 288 g/mol. The van der Waals surface area contributed by atoms with Crippen molar-refractivity contribution >= 4 is 0 Å². The van der Waals surface area contributed by atoms with Gasteiger partial charge in [-0.2, -0.15) is 0 Å². The van der Waals surface area contributed by atoms with E-state index in [0.29, 0.717) is 6.61 Å². The lowest BCUT2D eigenvalue weighted by Crippen LogP contribution is -2.88. The number of benzene rings is 2. The van der Waals surface area contributed by atoms with Gasteiger partial charge in [0.1, 0.15) is 31.2 Å². The van der Waals surface area contributed by atoms with E-state index < -0.39 is 0 Å². The third-order valence-corrected chi connectivity index (χ3v) is 3.55. The van der Waals surface area contributed by atoms with Gasteiger partial charge in [-0.05, 0) is 42.7 Å². The summed E-state index contributed by atoms with van der Waals surface area (Å²) in [5, 5.41) is 2.31. The van der Waals surface area contributed by atoms with Crippen LogP contribution in [-0.2, 0) is 6.61 Å². The highest BCUT2D eigenvalue weighted by Crippen LogP contribution is 2.18. The molecule has 0 aliphatic rings. The van der Waals surface area contributed by atoms with Gasteiger partial charge in [-0.1, -0.05) is 30.3 Å². The monoisotopic (exact) mass is 316 g/mol. The maximum absolute atomic E-state index is 5.76. The summed E-state index contributed by atoms with van der Waals surface area (Å²) in [6.45, 7) is 4.62. The van der Waals surface area contributed by atoms with Gasteiger partial charge >= 0.3 is 0 Å². The molecule has 0 radical (unpaired) electrons. The highest BCUT2D eigenvalue weighted by Gasteiger charge is 1.98. The number of nitrogens with two attached hydrogens (primary N) is 1. The normalized spacial score (nSPS) is 10.5. The molecule has 0 spiro atoms. The van der Waals surface area contributed by atoms with Gasteiger partial charge in [-0.25, -0.2) is 0 Å². The molecule has 4 nitrogen and oxygen atoms in total. The highest BCUT2D eigenvalue weighted by molar-refractivity contribution is 5.31. The van der Waals surface area contributed by atoms with Gasteiger partial charge in [-0.15, -0.1) is 0 Å². The summed E-state index contributed by atoms with van der Waals surface area (Å²) in [6, 6.07) is 18.0. The van der Waals surface area contributed by atoms with Crippen LogP contribution < -0.4 is 20.5 Å². The second-order valence-corrected chi connectivity index (χ2v) is 5.52. The lowest BCUT2D eigenvalue weighted by molar-refractivity contribution is -0.670. The average Bonchev–Trinajstić information content (AvgIpc) is 2.61. The molecule has 2 aromatic rings. The zero-order valence-electron chi connectivity index (χ0n) is 13.7. The van der Waals surface area contributed by atoms with Crippen molar-refractivity contribution in [1.29, 1.82) is 0 Å². The zero-order chi connectivity index (χ0) is 16.2. The molecule has 0 heterocycles. The Kier molecular flexibility index (Phi) is 8.02. The fraction of sp³-hybridized carbons (Fsp3) is 0.368. The molecule has 0 saturated carbocycles. The second-order valence-electron chi connectivity index (χ2n) is 5.52. The molecule has 23 heavy (non-hydrogen) atoms. The van der Waals surface area contributed by atoms with Crippen LogP contribution in [0.15, 0.2) is 54.6 Å². The lowest BCUT2D eigenvalue weighted by Gasteiger charge is -2.09. The van der Waals surface area contributed by atoms with Crippen LogP contribution in [0, 0.1) is 0 Å². The molecule has 0 aliphatic carbocycles. The van der Waals surface area contributed by atoms with Crippen LogP contribution in [0.1, 0.15) is 18.4 Å². The third kappa shape index (κ3) is 7.17. The molecular formula is C19H28N2O2+2. The van der Waals surface area contributed by atoms with Crippen LogP contribution in [0.5, 0.6) is 11.5 Å². The number of rotatable bonds is 11. The molecule has 0 aromatic heterocycles. The standard InChI is InChI=1S/C19H26N2O2/c20-12-14-21-13-4-5-15-22-18-8-10-19(11-9-18)23-16-17-6-2-1-3-7-17/h1-3,6-11,21H,4-5,12-16,20H2/p+2. The topological polar surface area (TPSA) is 62.7 Å². The van der Waals surface area contributed by atoms with Crippen LogP contribution >= 0.6 is 0 Å². The van der Waals surface area contributed by atoms with E-state index in [9.17, 15) is 0 Å². The largest absolute Gasteiger partial charge is 0.494 e. The molecule has 0 bridgehead atoms. The van der Waals surface area contributed by atoms with Crippen LogP contribution in [0.4, 0.5) is 0 Å². The number of hydrogen-bond acceptors (Lipinski definition) is 2. The first-order valence-electron chi connectivity index (χ1n) is 8.39. The van der Waals surface area contributed by atoms with Crippen molar-refractivity contribution in [3.05, 3.63) is 60.2 Å². The predicted molar refractivity (Wildman–Crippen MR) is 91.4 cm³/mol. The first kappa shape index (κ1) is 17.3. The Morgan fingerprint density at radius 2 is 1.48 bits per heavy atom. The van der Waals surface area contributed by atoms with Crippen molar-refractivity contribution in [3.8, 4) is 11.5 Å². The minimum absolute atomic E-state index is 0.588. The molecule has 124 valence electrons. The molecule has 5 N–H and O–H groups in total. The highest BCUT2D eigenvalue weighted by atomic mass is 16.5. The van der Waals surface area contributed by atoms with Crippen LogP contribution in [-0.4, -0.2) is 26.2 Å². The summed E-state index contributed by atoms with van der Waals surface area (Å²) >= 11 is 0. The molecule has 0 saturated heterocycles. The summed E-state index contributed by atoms with van der Waals surface area (Å²) in [6.07, 6.45) is 2.26. The first-order chi connectivity index (χ1) is 11.4. The number of quaternary nitrogens is 2. The van der Waals surface area contributed by atoms with E-state index in [4.69, 9.17) is 9.47 Å². The molecule has 4 heteroatoms. The Morgan fingerprint density at radius 1 is 0.783 bits per heavy atom. The fourth-order valence-corrected chi connectivity index (χ4v) is 2.24. The smallest absolute Gasteiger partial charge is 0.125 e. The zero-order valence-corrected chi connectivity index (χ0v) is 13.7. The predicted octanol–water partition coefficient (Wildman–Crippen LogP) is 1.23. The van der Waals surface area contributed by atoms with Gasteiger partial charge < -0.3 is 20.5 Å². The molecule has 2 aromatic carbocycles. The van der Waals surface area contributed by atoms with E-state index in [1.165, 1.54) is 12.0 Å². The minimum Gasteiger partial charge on any atom is -0.494 e. The first-order valence-corrected chi connectivity index (χ1v) is 8.39. The van der Waals surface area contributed by atoms with Crippen LogP contribution in [0.25, 0.3) is 0 Å². The summed E-state index contributed by atoms with van der Waals surface area (Å²) in [5.41, 5.74) is 5.00. The Hall–Kier alpha value is -2.04. The van der Waals surface area contributed by atoms with Crippen LogP contribution in [0.3, 0.4) is 0 Å². The molecule has 0 aliphatic heterocycles. The lowest BCUT2D eigenvalue weighted by atomic mass is 10.2. The van der Waals surface area contributed by atoms with Gasteiger partial charge in [0.25, 0.3) is 0 Å². The van der Waals surface area contributed by atoms with Crippen molar-refractivity contribution in [2.75, 3.05) is 26.2 Å². The Morgan fingerprint density at radius 3 is 2.17 bits per heavy atom. The molecule has 0 amide bonds. The van der Waals surface area contributed by atoms with Gasteiger partial charge in [0.2, 0.25) is 0 Å². The summed E-state index contributed by atoms with van der Waals surface area (Å²) < 4.78 is 11.5. The Balaban J connectivity index is 1.62. The van der Waals surface area contributed by atoms with Crippen molar-refractivity contribution in [2.45, 2.75) is 19.4 Å². The van der Waals surface area contributed by atoms with E-state index in [0.717, 1.165) is 44.2 Å². The van der Waals surface area contributed by atoms with E-state index in [1.807, 2.05) is 42.5 Å². The maximum Gasteiger partial charge on any atom is 0.125 e. The third-order valence-electron chi connectivity index (χ3n) is 3.55. The molecule has 0 unspecified atom stereocenters. The summed E-state index contributed by atoms with van der Waals surface area (Å²) in [7, 11) is 0.